The Morgan fingerprint density at radius 3 is 2.62 bits per heavy atom. The van der Waals surface area contributed by atoms with Crippen LogP contribution in [0.15, 0.2) is 18.2 Å². The Hall–Kier alpha value is -0.830. The highest BCUT2D eigenvalue weighted by Gasteiger charge is 2.24. The summed E-state index contributed by atoms with van der Waals surface area (Å²) in [7, 11) is 0. The van der Waals surface area contributed by atoms with Crippen LogP contribution in [0, 0.1) is 5.92 Å². The number of alkyl halides is 1. The second-order valence-electron chi connectivity index (χ2n) is 6.43. The first-order chi connectivity index (χ1) is 10.3. The maximum absolute atomic E-state index is 12.2. The van der Waals surface area contributed by atoms with Gasteiger partial charge in [0.15, 0.2) is 0 Å². The molecule has 1 aliphatic heterocycles. The van der Waals surface area contributed by atoms with Crippen LogP contribution in [-0.4, -0.2) is 12.5 Å². The monoisotopic (exact) mass is 349 g/mol. The molecule has 114 valence electrons. The third-order valence-corrected chi connectivity index (χ3v) is 6.20. The van der Waals surface area contributed by atoms with Gasteiger partial charge in [0.2, 0.25) is 0 Å². The predicted octanol–water partition coefficient (Wildman–Crippen LogP) is 4.77. The first kappa shape index (κ1) is 15.1. The molecule has 1 fully saturated rings. The molecule has 2 nitrogen and oxygen atoms in total. The van der Waals surface area contributed by atoms with E-state index >= 15 is 0 Å². The largest absolute Gasteiger partial charge is 0.352 e. The summed E-state index contributed by atoms with van der Waals surface area (Å²) in [6.45, 7) is 0.795. The zero-order valence-corrected chi connectivity index (χ0v) is 14.1. The van der Waals surface area contributed by atoms with Crippen LogP contribution in [0.2, 0.25) is 0 Å². The molecule has 0 saturated heterocycles. The molecular weight excluding hydrogens is 326 g/mol. The molecule has 0 aromatic heterocycles. The maximum Gasteiger partial charge on any atom is 0.251 e. The van der Waals surface area contributed by atoms with Crippen molar-refractivity contribution in [3.8, 4) is 0 Å². The Bertz CT molecular complexity index is 506. The molecule has 0 bridgehead atoms. The molecule has 1 heterocycles. The van der Waals surface area contributed by atoms with Crippen molar-refractivity contribution in [2.45, 2.75) is 56.2 Å². The van der Waals surface area contributed by atoms with Crippen molar-refractivity contribution in [2.24, 2.45) is 5.92 Å². The molecule has 1 aliphatic carbocycles. The van der Waals surface area contributed by atoms with E-state index in [-0.39, 0.29) is 5.91 Å². The van der Waals surface area contributed by atoms with Gasteiger partial charge in [0.05, 0.1) is 0 Å². The summed E-state index contributed by atoms with van der Waals surface area (Å²) in [6.07, 6.45) is 10.1. The van der Waals surface area contributed by atoms with Gasteiger partial charge >= 0.3 is 0 Å². The van der Waals surface area contributed by atoms with Gasteiger partial charge in [-0.15, -0.1) is 0 Å². The smallest absolute Gasteiger partial charge is 0.251 e. The number of rotatable bonds is 2. The molecule has 1 amide bonds. The zero-order valence-electron chi connectivity index (χ0n) is 12.5. The Kier molecular flexibility index (Phi) is 4.99. The van der Waals surface area contributed by atoms with Gasteiger partial charge in [-0.25, -0.2) is 0 Å². The minimum atomic E-state index is 0.102. The first-order valence-corrected chi connectivity index (χ1v) is 9.22. The van der Waals surface area contributed by atoms with Crippen LogP contribution >= 0.6 is 15.9 Å². The van der Waals surface area contributed by atoms with Gasteiger partial charge in [0.25, 0.3) is 5.91 Å². The summed E-state index contributed by atoms with van der Waals surface area (Å²) in [5.74, 6) is 0.810. The minimum absolute atomic E-state index is 0.102. The lowest BCUT2D eigenvalue weighted by Gasteiger charge is -2.22. The standard InChI is InChI=1S/C18H24BrNO/c19-17(14-6-3-1-2-4-7-14)15-10-9-13-8-5-11-20-18(21)16(13)12-15/h9-10,12,14,17H,1-8,11H2,(H,20,21). The number of hydrogen-bond donors (Lipinski definition) is 1. The van der Waals surface area contributed by atoms with E-state index in [0.717, 1.165) is 24.9 Å². The van der Waals surface area contributed by atoms with Gasteiger partial charge in [0.1, 0.15) is 0 Å². The first-order valence-electron chi connectivity index (χ1n) is 8.31. The van der Waals surface area contributed by atoms with Gasteiger partial charge in [-0.2, -0.15) is 0 Å². The van der Waals surface area contributed by atoms with Crippen molar-refractivity contribution >= 4 is 21.8 Å². The number of benzene rings is 1. The SMILES string of the molecule is O=C1NCCCc2ccc(C(Br)C3CCCCCC3)cc21. The molecule has 1 aromatic rings. The highest BCUT2D eigenvalue weighted by atomic mass is 79.9. The summed E-state index contributed by atoms with van der Waals surface area (Å²) in [4.78, 5) is 12.6. The number of halogens is 1. The topological polar surface area (TPSA) is 29.1 Å². The predicted molar refractivity (Wildman–Crippen MR) is 90.0 cm³/mol. The second kappa shape index (κ2) is 6.95. The lowest BCUT2D eigenvalue weighted by atomic mass is 9.90. The molecule has 1 unspecified atom stereocenters. The molecule has 1 N–H and O–H groups in total. The van der Waals surface area contributed by atoms with Gasteiger partial charge in [-0.3, -0.25) is 4.79 Å². The van der Waals surface area contributed by atoms with Crippen LogP contribution in [0.25, 0.3) is 0 Å². The number of carbonyl (C=O) groups is 1. The van der Waals surface area contributed by atoms with E-state index in [0.29, 0.717) is 10.7 Å². The van der Waals surface area contributed by atoms with E-state index in [4.69, 9.17) is 0 Å². The summed E-state index contributed by atoms with van der Waals surface area (Å²) in [5, 5.41) is 3.00. The van der Waals surface area contributed by atoms with Crippen molar-refractivity contribution in [3.05, 3.63) is 34.9 Å². The third-order valence-electron chi connectivity index (χ3n) is 4.92. The fourth-order valence-corrected chi connectivity index (χ4v) is 4.46. The van der Waals surface area contributed by atoms with Crippen molar-refractivity contribution in [1.82, 2.24) is 5.32 Å². The number of fused-ring (bicyclic) bond motifs is 1. The summed E-state index contributed by atoms with van der Waals surface area (Å²) in [6, 6.07) is 6.52. The Morgan fingerprint density at radius 1 is 1.10 bits per heavy atom. The molecule has 0 radical (unpaired) electrons. The van der Waals surface area contributed by atoms with Crippen molar-refractivity contribution in [3.63, 3.8) is 0 Å². The molecule has 1 aromatic carbocycles. The van der Waals surface area contributed by atoms with Gasteiger partial charge in [-0.1, -0.05) is 53.7 Å². The number of carbonyl (C=O) groups excluding carboxylic acids is 1. The second-order valence-corrected chi connectivity index (χ2v) is 7.42. The summed E-state index contributed by atoms with van der Waals surface area (Å²) < 4.78 is 0. The quantitative estimate of drug-likeness (QED) is 0.604. The highest BCUT2D eigenvalue weighted by Crippen LogP contribution is 2.39. The van der Waals surface area contributed by atoms with Crippen LogP contribution in [-0.2, 0) is 6.42 Å². The number of aryl methyl sites for hydroxylation is 1. The lowest BCUT2D eigenvalue weighted by molar-refractivity contribution is 0.0956. The molecular formula is C18H24BrNO. The Morgan fingerprint density at radius 2 is 1.86 bits per heavy atom. The van der Waals surface area contributed by atoms with Gasteiger partial charge < -0.3 is 5.32 Å². The highest BCUT2D eigenvalue weighted by molar-refractivity contribution is 9.09. The van der Waals surface area contributed by atoms with Crippen molar-refractivity contribution in [2.75, 3.05) is 6.54 Å². The minimum Gasteiger partial charge on any atom is -0.352 e. The van der Waals surface area contributed by atoms with E-state index in [1.165, 1.54) is 49.7 Å². The lowest BCUT2D eigenvalue weighted by Crippen LogP contribution is -2.22. The van der Waals surface area contributed by atoms with Gasteiger partial charge in [0, 0.05) is 16.9 Å². The van der Waals surface area contributed by atoms with Crippen LogP contribution < -0.4 is 5.32 Å². The Labute approximate surface area is 135 Å². The Balaban J connectivity index is 1.83. The van der Waals surface area contributed by atoms with Crippen LogP contribution in [0.4, 0.5) is 0 Å². The fraction of sp³-hybridized carbons (Fsp3) is 0.611. The average molecular weight is 350 g/mol. The number of hydrogen-bond acceptors (Lipinski definition) is 1. The van der Waals surface area contributed by atoms with E-state index in [2.05, 4.69) is 39.4 Å². The zero-order chi connectivity index (χ0) is 14.7. The summed E-state index contributed by atoms with van der Waals surface area (Å²) in [5.41, 5.74) is 3.37. The van der Waals surface area contributed by atoms with Crippen molar-refractivity contribution in [1.29, 1.82) is 0 Å². The number of amides is 1. The number of nitrogens with one attached hydrogen (secondary N) is 1. The third kappa shape index (κ3) is 3.50. The molecule has 1 atom stereocenters. The molecule has 2 aliphatic rings. The van der Waals surface area contributed by atoms with E-state index < -0.39 is 0 Å². The normalized spacial score (nSPS) is 21.9. The van der Waals surface area contributed by atoms with Crippen LogP contribution in [0.5, 0.6) is 0 Å². The molecule has 0 spiro atoms. The maximum atomic E-state index is 12.2. The van der Waals surface area contributed by atoms with Gasteiger partial charge in [-0.05, 0) is 48.8 Å². The van der Waals surface area contributed by atoms with Crippen LogP contribution in [0.3, 0.4) is 0 Å². The molecule has 3 heteroatoms. The molecule has 21 heavy (non-hydrogen) atoms. The average Bonchev–Trinajstić information content (AvgIpc) is 2.88. The van der Waals surface area contributed by atoms with Crippen LogP contribution in [0.1, 0.15) is 71.3 Å². The summed E-state index contributed by atoms with van der Waals surface area (Å²) >= 11 is 3.92. The fourth-order valence-electron chi connectivity index (χ4n) is 3.65. The van der Waals surface area contributed by atoms with E-state index in [1.54, 1.807) is 0 Å². The van der Waals surface area contributed by atoms with E-state index in [1.807, 2.05) is 0 Å². The molecule has 3 rings (SSSR count). The van der Waals surface area contributed by atoms with Crippen molar-refractivity contribution < 1.29 is 4.79 Å². The molecule has 1 saturated carbocycles. The van der Waals surface area contributed by atoms with E-state index in [9.17, 15) is 4.79 Å².